The molecule has 2 atom stereocenters. The number of nitrogens with two attached hydrogens (primary N) is 1. The van der Waals surface area contributed by atoms with Gasteiger partial charge >= 0.3 is 0 Å². The molecule has 2 N–H and O–H groups in total. The van der Waals surface area contributed by atoms with Crippen LogP contribution in [0.15, 0.2) is 35.1 Å². The molecule has 2 saturated heterocycles. The lowest BCUT2D eigenvalue weighted by Crippen LogP contribution is -2.41. The molecule has 0 aliphatic carbocycles. The van der Waals surface area contributed by atoms with Crippen molar-refractivity contribution in [1.82, 2.24) is 24.1 Å². The second kappa shape index (κ2) is 9.79. The molecule has 3 aliphatic rings. The molecule has 11 heteroatoms. The van der Waals surface area contributed by atoms with E-state index in [-0.39, 0.29) is 23.6 Å². The number of aromatic nitrogens is 4. The minimum Gasteiger partial charge on any atom is -0.378 e. The molecule has 11 nitrogen and oxygen atoms in total. The van der Waals surface area contributed by atoms with Gasteiger partial charge in [0.25, 0.3) is 11.5 Å². The largest absolute Gasteiger partial charge is 0.378 e. The summed E-state index contributed by atoms with van der Waals surface area (Å²) in [5.41, 5.74) is 7.96. The Morgan fingerprint density at radius 1 is 1.03 bits per heavy atom. The zero-order valence-corrected chi connectivity index (χ0v) is 21.3. The summed E-state index contributed by atoms with van der Waals surface area (Å²) in [4.78, 5) is 37.7. The highest BCUT2D eigenvalue weighted by Crippen LogP contribution is 2.33. The van der Waals surface area contributed by atoms with Crippen LogP contribution in [0.5, 0.6) is 0 Å². The zero-order chi connectivity index (χ0) is 25.5. The number of hydrogen-bond acceptors (Lipinski definition) is 8. The Morgan fingerprint density at radius 3 is 2.73 bits per heavy atom. The normalized spacial score (nSPS) is 23.2. The van der Waals surface area contributed by atoms with Crippen LogP contribution in [-0.4, -0.2) is 82.5 Å². The van der Waals surface area contributed by atoms with Crippen LogP contribution >= 0.6 is 0 Å². The topological polar surface area (TPSA) is 114 Å². The summed E-state index contributed by atoms with van der Waals surface area (Å²) in [6, 6.07) is 8.92. The van der Waals surface area contributed by atoms with E-state index < -0.39 is 0 Å². The quantitative estimate of drug-likeness (QED) is 0.525. The number of amides is 1. The second-order valence-electron chi connectivity index (χ2n) is 10.3. The monoisotopic (exact) mass is 506 g/mol. The van der Waals surface area contributed by atoms with E-state index in [1.807, 2.05) is 22.5 Å². The van der Waals surface area contributed by atoms with Crippen molar-refractivity contribution < 1.29 is 9.53 Å². The number of rotatable bonds is 1. The third kappa shape index (κ3) is 4.46. The van der Waals surface area contributed by atoms with E-state index in [0.29, 0.717) is 38.5 Å². The summed E-state index contributed by atoms with van der Waals surface area (Å²) in [5, 5.41) is 5.00. The number of pyridine rings is 1. The molecule has 2 bridgehead atoms. The minimum atomic E-state index is -0.195. The minimum absolute atomic E-state index is 0.147. The van der Waals surface area contributed by atoms with Crippen molar-refractivity contribution in [2.24, 2.45) is 5.73 Å². The summed E-state index contributed by atoms with van der Waals surface area (Å²) < 4.78 is 9.33. The van der Waals surface area contributed by atoms with Crippen molar-refractivity contribution in [3.63, 3.8) is 0 Å². The molecule has 2 fully saturated rings. The molecular formula is C26H34N8O3. The Bertz CT molecular complexity index is 1370. The summed E-state index contributed by atoms with van der Waals surface area (Å²) in [7, 11) is 2.02. The number of nitrogens with zero attached hydrogens (tertiary/aromatic N) is 7. The fourth-order valence-electron chi connectivity index (χ4n) is 5.70. The molecule has 3 aliphatic heterocycles. The van der Waals surface area contributed by atoms with Gasteiger partial charge in [-0.2, -0.15) is 9.61 Å². The predicted molar refractivity (Wildman–Crippen MR) is 140 cm³/mol. The smallest absolute Gasteiger partial charge is 0.271 e. The lowest BCUT2D eigenvalue weighted by molar-refractivity contribution is 0.0589. The fraction of sp³-hybridized carbons (Fsp3) is 0.538. The van der Waals surface area contributed by atoms with Gasteiger partial charge in [0, 0.05) is 64.0 Å². The van der Waals surface area contributed by atoms with Crippen LogP contribution in [0, 0.1) is 0 Å². The Kier molecular flexibility index (Phi) is 6.33. The van der Waals surface area contributed by atoms with Crippen molar-refractivity contribution in [1.29, 1.82) is 0 Å². The first-order valence-electron chi connectivity index (χ1n) is 13.2. The summed E-state index contributed by atoms with van der Waals surface area (Å²) in [6.45, 7) is 4.05. The van der Waals surface area contributed by atoms with Gasteiger partial charge in [-0.3, -0.25) is 9.59 Å². The molecule has 2 unspecified atom stereocenters. The Labute approximate surface area is 215 Å². The van der Waals surface area contributed by atoms with Crippen molar-refractivity contribution in [3.8, 4) is 0 Å². The Morgan fingerprint density at radius 2 is 1.89 bits per heavy atom. The number of fused-ring (bicyclic) bond motifs is 4. The molecule has 1 amide bonds. The van der Waals surface area contributed by atoms with Crippen LogP contribution in [0.4, 0.5) is 11.6 Å². The van der Waals surface area contributed by atoms with Crippen molar-refractivity contribution in [2.45, 2.75) is 44.3 Å². The van der Waals surface area contributed by atoms with Gasteiger partial charge in [-0.15, -0.1) is 0 Å². The molecule has 0 saturated carbocycles. The molecule has 6 rings (SSSR count). The molecule has 0 spiro atoms. The van der Waals surface area contributed by atoms with E-state index in [0.717, 1.165) is 61.7 Å². The average molecular weight is 507 g/mol. The Balaban J connectivity index is 1.47. The van der Waals surface area contributed by atoms with Gasteiger partial charge < -0.3 is 29.7 Å². The standard InChI is InChI=1S/C26H34N8O3/c1-30-11-13-37-14-12-32-21(6-4-7-25(32)35)26(36)33-9-3-2-5-20(33)19-15-23-28-22(16-24(30)34(23)29-19)31-10-8-18(27)17-31/h4,6-7,15-16,18,20H,2-3,5,8-14,17,27H2,1H3. The first-order valence-corrected chi connectivity index (χ1v) is 13.2. The van der Waals surface area contributed by atoms with Gasteiger partial charge in [-0.1, -0.05) is 6.07 Å². The van der Waals surface area contributed by atoms with Crippen LogP contribution < -0.4 is 21.1 Å². The molecule has 0 aromatic carbocycles. The number of anilines is 2. The van der Waals surface area contributed by atoms with Gasteiger partial charge in [-0.05, 0) is 31.7 Å². The van der Waals surface area contributed by atoms with Crippen LogP contribution in [0.2, 0.25) is 0 Å². The highest BCUT2D eigenvalue weighted by Gasteiger charge is 2.33. The van der Waals surface area contributed by atoms with Crippen molar-refractivity contribution in [3.05, 3.63) is 52.1 Å². The lowest BCUT2D eigenvalue weighted by Gasteiger charge is -2.35. The number of ether oxygens (including phenoxy) is 1. The first-order chi connectivity index (χ1) is 18.0. The van der Waals surface area contributed by atoms with Gasteiger partial charge in [0.2, 0.25) is 0 Å². The van der Waals surface area contributed by atoms with E-state index in [2.05, 4.69) is 15.9 Å². The van der Waals surface area contributed by atoms with Crippen molar-refractivity contribution in [2.75, 3.05) is 56.2 Å². The predicted octanol–water partition coefficient (Wildman–Crippen LogP) is 1.26. The van der Waals surface area contributed by atoms with Crippen LogP contribution in [-0.2, 0) is 11.3 Å². The molecular weight excluding hydrogens is 472 g/mol. The van der Waals surface area contributed by atoms with E-state index >= 15 is 0 Å². The van der Waals surface area contributed by atoms with E-state index in [1.165, 1.54) is 10.6 Å². The molecule has 0 radical (unpaired) electrons. The highest BCUT2D eigenvalue weighted by atomic mass is 16.5. The maximum Gasteiger partial charge on any atom is 0.271 e. The molecule has 6 heterocycles. The third-order valence-electron chi connectivity index (χ3n) is 7.76. The summed E-state index contributed by atoms with van der Waals surface area (Å²) in [5.74, 6) is 1.66. The highest BCUT2D eigenvalue weighted by molar-refractivity contribution is 5.93. The van der Waals surface area contributed by atoms with Crippen LogP contribution in [0.3, 0.4) is 0 Å². The molecule has 3 aromatic heterocycles. The number of likely N-dealkylation sites (N-methyl/N-ethyl adjacent to an activating group) is 1. The number of piperidine rings is 1. The average Bonchev–Trinajstić information content (AvgIpc) is 3.54. The number of carbonyl (C=O) groups excluding carboxylic acids is 1. The Hall–Kier alpha value is -3.44. The summed E-state index contributed by atoms with van der Waals surface area (Å²) >= 11 is 0. The van der Waals surface area contributed by atoms with Crippen molar-refractivity contribution >= 4 is 23.2 Å². The molecule has 37 heavy (non-hydrogen) atoms. The van der Waals surface area contributed by atoms with Gasteiger partial charge in [-0.25, -0.2) is 4.98 Å². The van der Waals surface area contributed by atoms with E-state index in [4.69, 9.17) is 20.6 Å². The molecule has 3 aromatic rings. The van der Waals surface area contributed by atoms with Crippen LogP contribution in [0.1, 0.15) is 47.9 Å². The second-order valence-corrected chi connectivity index (χ2v) is 10.3. The van der Waals surface area contributed by atoms with E-state index in [1.54, 1.807) is 12.1 Å². The van der Waals surface area contributed by atoms with Gasteiger partial charge in [0.05, 0.1) is 24.9 Å². The number of hydrogen-bond donors (Lipinski definition) is 1. The van der Waals surface area contributed by atoms with Crippen LogP contribution in [0.25, 0.3) is 5.65 Å². The maximum absolute atomic E-state index is 13.8. The SMILES string of the molecule is CN1CCOCCn2c(cccc2=O)C(=O)N2CCCCC2c2cc3nc(N4CCC(N)C4)cc1n3n2. The third-order valence-corrected chi connectivity index (χ3v) is 7.76. The van der Waals surface area contributed by atoms with Gasteiger partial charge in [0.15, 0.2) is 5.65 Å². The molecule has 196 valence electrons. The van der Waals surface area contributed by atoms with E-state index in [9.17, 15) is 9.59 Å². The lowest BCUT2D eigenvalue weighted by atomic mass is 9.99. The fourth-order valence-corrected chi connectivity index (χ4v) is 5.70. The maximum atomic E-state index is 13.8. The van der Waals surface area contributed by atoms with Gasteiger partial charge in [0.1, 0.15) is 17.3 Å². The summed E-state index contributed by atoms with van der Waals surface area (Å²) in [6.07, 6.45) is 3.69. The first kappa shape index (κ1) is 23.9. The number of carbonyl (C=O) groups is 1. The zero-order valence-electron chi connectivity index (χ0n) is 21.3.